The van der Waals surface area contributed by atoms with Crippen molar-refractivity contribution in [3.63, 3.8) is 0 Å². The first-order chi connectivity index (χ1) is 8.22. The van der Waals surface area contributed by atoms with Crippen molar-refractivity contribution in [2.45, 2.75) is 45.3 Å². The summed E-state index contributed by atoms with van der Waals surface area (Å²) < 4.78 is 2.11. The molecule has 4 heteroatoms. The van der Waals surface area contributed by atoms with E-state index in [0.29, 0.717) is 0 Å². The molecule has 0 aliphatic carbocycles. The fourth-order valence-corrected chi connectivity index (χ4v) is 2.82. The molecule has 2 N–H and O–H groups in total. The molecule has 96 valence electrons. The second-order valence-electron chi connectivity index (χ2n) is 4.93. The van der Waals surface area contributed by atoms with E-state index in [2.05, 4.69) is 28.7 Å². The highest BCUT2D eigenvalue weighted by molar-refractivity contribution is 5.09. The molecule has 2 rings (SSSR count). The number of nitrogens with one attached hydrogen (secondary N) is 1. The largest absolute Gasteiger partial charge is 0.382 e. The molecule has 0 aromatic carbocycles. The highest BCUT2D eigenvalue weighted by Crippen LogP contribution is 2.35. The maximum atomic E-state index is 11.0. The number of aliphatic hydroxyl groups is 1. The van der Waals surface area contributed by atoms with Crippen LogP contribution in [0.15, 0.2) is 12.4 Å². The summed E-state index contributed by atoms with van der Waals surface area (Å²) in [5.41, 5.74) is -0.751. The van der Waals surface area contributed by atoms with Crippen molar-refractivity contribution in [3.05, 3.63) is 18.2 Å². The van der Waals surface area contributed by atoms with Gasteiger partial charge in [-0.25, -0.2) is 4.98 Å². The van der Waals surface area contributed by atoms with E-state index < -0.39 is 5.60 Å². The zero-order valence-corrected chi connectivity index (χ0v) is 10.8. The van der Waals surface area contributed by atoms with Crippen molar-refractivity contribution in [2.75, 3.05) is 13.1 Å². The Morgan fingerprint density at radius 3 is 3.12 bits per heavy atom. The van der Waals surface area contributed by atoms with E-state index in [1.54, 1.807) is 6.20 Å². The van der Waals surface area contributed by atoms with Gasteiger partial charge in [-0.1, -0.05) is 13.8 Å². The summed E-state index contributed by atoms with van der Waals surface area (Å²) in [5, 5.41) is 14.3. The molecule has 1 fully saturated rings. The summed E-state index contributed by atoms with van der Waals surface area (Å²) in [5.74, 6) is 1.11. The summed E-state index contributed by atoms with van der Waals surface area (Å²) >= 11 is 0. The molecule has 1 aliphatic rings. The number of piperidine rings is 1. The van der Waals surface area contributed by atoms with Crippen LogP contribution in [0.5, 0.6) is 0 Å². The minimum Gasteiger partial charge on any atom is -0.382 e. The van der Waals surface area contributed by atoms with Gasteiger partial charge in [0.1, 0.15) is 11.4 Å². The Kier molecular flexibility index (Phi) is 3.84. The molecule has 0 saturated carbocycles. The Balaban J connectivity index is 2.31. The van der Waals surface area contributed by atoms with E-state index in [-0.39, 0.29) is 5.92 Å². The first-order valence-corrected chi connectivity index (χ1v) is 6.67. The minimum atomic E-state index is -0.751. The molecule has 1 aliphatic heterocycles. The Morgan fingerprint density at radius 1 is 1.59 bits per heavy atom. The molecule has 4 nitrogen and oxygen atoms in total. The summed E-state index contributed by atoms with van der Waals surface area (Å²) in [6.45, 7) is 6.96. The minimum absolute atomic E-state index is 0.259. The van der Waals surface area contributed by atoms with Gasteiger partial charge in [-0.2, -0.15) is 0 Å². The monoisotopic (exact) mass is 237 g/mol. The van der Waals surface area contributed by atoms with Gasteiger partial charge in [0.25, 0.3) is 0 Å². The highest BCUT2D eigenvalue weighted by Gasteiger charge is 2.42. The van der Waals surface area contributed by atoms with E-state index in [0.717, 1.165) is 44.7 Å². The predicted molar refractivity (Wildman–Crippen MR) is 67.7 cm³/mol. The third-order valence-corrected chi connectivity index (χ3v) is 3.81. The average molecular weight is 237 g/mol. The Labute approximate surface area is 103 Å². The van der Waals surface area contributed by atoms with Gasteiger partial charge in [0.05, 0.1) is 0 Å². The van der Waals surface area contributed by atoms with E-state index >= 15 is 0 Å². The molecule has 1 saturated heterocycles. The van der Waals surface area contributed by atoms with Crippen LogP contribution in [0.3, 0.4) is 0 Å². The molecule has 2 atom stereocenters. The molecular weight excluding hydrogens is 214 g/mol. The van der Waals surface area contributed by atoms with Crippen molar-refractivity contribution in [2.24, 2.45) is 5.92 Å². The highest BCUT2D eigenvalue weighted by atomic mass is 16.3. The van der Waals surface area contributed by atoms with Crippen LogP contribution in [0.25, 0.3) is 0 Å². The summed E-state index contributed by atoms with van der Waals surface area (Å²) in [6.07, 6.45) is 6.58. The van der Waals surface area contributed by atoms with Crippen LogP contribution >= 0.6 is 0 Å². The molecule has 1 aromatic heterocycles. The van der Waals surface area contributed by atoms with Gasteiger partial charge in [-0.3, -0.25) is 0 Å². The molecule has 0 amide bonds. The lowest BCUT2D eigenvalue weighted by Crippen LogP contribution is -2.49. The SMILES string of the molecule is CCCn1ccnc1C1(O)CCNCC1CC. The van der Waals surface area contributed by atoms with Gasteiger partial charge in [0.15, 0.2) is 0 Å². The molecule has 2 unspecified atom stereocenters. The topological polar surface area (TPSA) is 50.1 Å². The Morgan fingerprint density at radius 2 is 2.41 bits per heavy atom. The van der Waals surface area contributed by atoms with Crippen LogP contribution < -0.4 is 5.32 Å². The second-order valence-corrected chi connectivity index (χ2v) is 4.93. The third-order valence-electron chi connectivity index (χ3n) is 3.81. The average Bonchev–Trinajstić information content (AvgIpc) is 2.79. The zero-order valence-electron chi connectivity index (χ0n) is 10.8. The molecule has 1 aromatic rings. The normalized spacial score (nSPS) is 29.5. The Bertz CT molecular complexity index is 363. The molecule has 17 heavy (non-hydrogen) atoms. The first-order valence-electron chi connectivity index (χ1n) is 6.67. The van der Waals surface area contributed by atoms with Crippen LogP contribution in [0.1, 0.15) is 38.9 Å². The number of aromatic nitrogens is 2. The van der Waals surface area contributed by atoms with Gasteiger partial charge in [-0.05, 0) is 25.8 Å². The van der Waals surface area contributed by atoms with E-state index in [1.807, 2.05) is 6.20 Å². The predicted octanol–water partition coefficient (Wildman–Crippen LogP) is 1.50. The second kappa shape index (κ2) is 5.19. The smallest absolute Gasteiger partial charge is 0.141 e. The van der Waals surface area contributed by atoms with Gasteiger partial charge >= 0.3 is 0 Å². The zero-order chi connectivity index (χ0) is 12.3. The van der Waals surface area contributed by atoms with Crippen LogP contribution in [-0.2, 0) is 12.1 Å². The van der Waals surface area contributed by atoms with Crippen molar-refractivity contribution in [1.82, 2.24) is 14.9 Å². The van der Waals surface area contributed by atoms with Gasteiger partial charge < -0.3 is 15.0 Å². The van der Waals surface area contributed by atoms with Crippen molar-refractivity contribution in [1.29, 1.82) is 0 Å². The van der Waals surface area contributed by atoms with Gasteiger partial charge in [-0.15, -0.1) is 0 Å². The fraction of sp³-hybridized carbons (Fsp3) is 0.769. The number of rotatable bonds is 4. The number of hydrogen-bond acceptors (Lipinski definition) is 3. The van der Waals surface area contributed by atoms with Crippen molar-refractivity contribution < 1.29 is 5.11 Å². The van der Waals surface area contributed by atoms with E-state index in [9.17, 15) is 5.11 Å². The summed E-state index contributed by atoms with van der Waals surface area (Å²) in [7, 11) is 0. The van der Waals surface area contributed by atoms with E-state index in [4.69, 9.17) is 0 Å². The van der Waals surface area contributed by atoms with Crippen molar-refractivity contribution in [3.8, 4) is 0 Å². The standard InChI is InChI=1S/C13H23N3O/c1-3-8-16-9-7-15-12(16)13(17)5-6-14-10-11(13)4-2/h7,9,11,14,17H,3-6,8,10H2,1-2H3. The van der Waals surface area contributed by atoms with Crippen LogP contribution in [0.4, 0.5) is 0 Å². The lowest BCUT2D eigenvalue weighted by molar-refractivity contribution is -0.0578. The number of hydrogen-bond donors (Lipinski definition) is 2. The van der Waals surface area contributed by atoms with E-state index in [1.165, 1.54) is 0 Å². The van der Waals surface area contributed by atoms with Crippen LogP contribution in [0, 0.1) is 5.92 Å². The van der Waals surface area contributed by atoms with Gasteiger partial charge in [0, 0.05) is 31.4 Å². The van der Waals surface area contributed by atoms with Crippen LogP contribution in [-0.4, -0.2) is 27.7 Å². The molecule has 0 bridgehead atoms. The third kappa shape index (κ3) is 2.24. The number of nitrogens with zero attached hydrogens (tertiary/aromatic N) is 2. The molecule has 0 spiro atoms. The van der Waals surface area contributed by atoms with Crippen molar-refractivity contribution >= 4 is 0 Å². The maximum absolute atomic E-state index is 11.0. The van der Waals surface area contributed by atoms with Gasteiger partial charge in [0.2, 0.25) is 0 Å². The molecular formula is C13H23N3O. The Hall–Kier alpha value is -0.870. The maximum Gasteiger partial charge on any atom is 0.141 e. The van der Waals surface area contributed by atoms with Crippen LogP contribution in [0.2, 0.25) is 0 Å². The quantitative estimate of drug-likeness (QED) is 0.834. The lowest BCUT2D eigenvalue weighted by Gasteiger charge is -2.39. The summed E-state index contributed by atoms with van der Waals surface area (Å²) in [4.78, 5) is 4.41. The fourth-order valence-electron chi connectivity index (χ4n) is 2.82. The first kappa shape index (κ1) is 12.6. The summed E-state index contributed by atoms with van der Waals surface area (Å²) in [6, 6.07) is 0. The molecule has 0 radical (unpaired) electrons. The number of aryl methyl sites for hydroxylation is 1. The molecule has 2 heterocycles. The number of imidazole rings is 1. The lowest BCUT2D eigenvalue weighted by atomic mass is 9.79.